The van der Waals surface area contributed by atoms with Crippen molar-refractivity contribution in [3.63, 3.8) is 0 Å². The van der Waals surface area contributed by atoms with Gasteiger partial charge in [0.15, 0.2) is 6.29 Å². The van der Waals surface area contributed by atoms with Gasteiger partial charge in [0.25, 0.3) is 0 Å². The van der Waals surface area contributed by atoms with Gasteiger partial charge in [-0.1, -0.05) is 24.1 Å². The van der Waals surface area contributed by atoms with E-state index >= 15 is 0 Å². The topological polar surface area (TPSA) is 68.2 Å². The van der Waals surface area contributed by atoms with Crippen LogP contribution in [0.4, 0.5) is 14.5 Å². The normalized spacial score (nSPS) is 11.8. The van der Waals surface area contributed by atoms with Crippen molar-refractivity contribution in [2.75, 3.05) is 32.1 Å². The Hall–Kier alpha value is -3.13. The maximum Gasteiger partial charge on any atom is 0.150 e. The Morgan fingerprint density at radius 1 is 1.13 bits per heavy atom. The minimum absolute atomic E-state index is 0.141. The first-order valence-electron chi connectivity index (χ1n) is 9.00. The lowest BCUT2D eigenvalue weighted by Crippen LogP contribution is -2.07. The van der Waals surface area contributed by atoms with E-state index in [-0.39, 0.29) is 11.3 Å². The van der Waals surface area contributed by atoms with Crippen molar-refractivity contribution in [3.05, 3.63) is 76.6 Å². The average molecular weight is 431 g/mol. The molecule has 0 aliphatic heterocycles. The van der Waals surface area contributed by atoms with Gasteiger partial charge in [0.1, 0.15) is 11.6 Å². The number of allylic oxidation sites excluding steroid dienone is 1. The van der Waals surface area contributed by atoms with Crippen LogP contribution in [0.2, 0.25) is 0 Å². The SMILES string of the molecule is CN/C=C(\C=N)c1ccc(C=O)c(/C(=C\N(C)C)c2cc(NSC)c(F)cc2F)c1. The first-order valence-corrected chi connectivity index (χ1v) is 10.2. The molecule has 0 saturated carbocycles. The molecule has 0 spiro atoms. The third-order valence-corrected chi connectivity index (χ3v) is 4.63. The van der Waals surface area contributed by atoms with Crippen LogP contribution in [0.1, 0.15) is 27.0 Å². The minimum Gasteiger partial charge on any atom is -0.393 e. The van der Waals surface area contributed by atoms with E-state index in [0.717, 1.165) is 6.07 Å². The summed E-state index contributed by atoms with van der Waals surface area (Å²) < 4.78 is 31.8. The Morgan fingerprint density at radius 2 is 1.87 bits per heavy atom. The van der Waals surface area contributed by atoms with Crippen LogP contribution < -0.4 is 10.0 Å². The van der Waals surface area contributed by atoms with Gasteiger partial charge in [-0.2, -0.15) is 0 Å². The number of carbonyl (C=O) groups excluding carboxylic acids is 1. The number of aldehydes is 1. The Bertz CT molecular complexity index is 1000. The van der Waals surface area contributed by atoms with Crippen LogP contribution >= 0.6 is 11.9 Å². The van der Waals surface area contributed by atoms with E-state index in [0.29, 0.717) is 34.1 Å². The molecule has 0 fully saturated rings. The number of hydrogen-bond donors (Lipinski definition) is 3. The van der Waals surface area contributed by atoms with Crippen molar-refractivity contribution in [1.82, 2.24) is 10.2 Å². The van der Waals surface area contributed by atoms with E-state index in [9.17, 15) is 13.6 Å². The molecule has 2 aromatic carbocycles. The van der Waals surface area contributed by atoms with Crippen molar-refractivity contribution >= 4 is 41.3 Å². The molecule has 3 N–H and O–H groups in total. The number of halogens is 2. The quantitative estimate of drug-likeness (QED) is 0.308. The van der Waals surface area contributed by atoms with Crippen LogP contribution in [-0.4, -0.2) is 44.8 Å². The van der Waals surface area contributed by atoms with Crippen molar-refractivity contribution in [1.29, 1.82) is 5.41 Å². The van der Waals surface area contributed by atoms with E-state index in [1.807, 2.05) is 0 Å². The summed E-state index contributed by atoms with van der Waals surface area (Å²) in [4.78, 5) is 13.5. The van der Waals surface area contributed by atoms with Crippen molar-refractivity contribution in [2.24, 2.45) is 0 Å². The molecule has 0 amide bonds. The first-order chi connectivity index (χ1) is 14.4. The van der Waals surface area contributed by atoms with Gasteiger partial charge in [-0.05, 0) is 23.3 Å². The van der Waals surface area contributed by atoms with Crippen LogP contribution in [-0.2, 0) is 0 Å². The van der Waals surface area contributed by atoms with Crippen LogP contribution in [0.3, 0.4) is 0 Å². The highest BCUT2D eigenvalue weighted by atomic mass is 32.2. The summed E-state index contributed by atoms with van der Waals surface area (Å²) in [5.74, 6) is -1.45. The molecule has 158 valence electrons. The number of carbonyl (C=O) groups is 1. The molecule has 0 aliphatic carbocycles. The molecular weight excluding hydrogens is 406 g/mol. The molecule has 2 rings (SSSR count). The summed E-state index contributed by atoms with van der Waals surface area (Å²) in [7, 11) is 5.27. The summed E-state index contributed by atoms with van der Waals surface area (Å²) in [6.45, 7) is 0. The van der Waals surface area contributed by atoms with Crippen molar-refractivity contribution < 1.29 is 13.6 Å². The second kappa shape index (κ2) is 10.6. The number of anilines is 1. The van der Waals surface area contributed by atoms with E-state index in [4.69, 9.17) is 5.41 Å². The van der Waals surface area contributed by atoms with E-state index < -0.39 is 11.6 Å². The lowest BCUT2D eigenvalue weighted by Gasteiger charge is -2.18. The van der Waals surface area contributed by atoms with Crippen molar-refractivity contribution in [2.45, 2.75) is 0 Å². The smallest absolute Gasteiger partial charge is 0.150 e. The van der Waals surface area contributed by atoms with Gasteiger partial charge in [-0.15, -0.1) is 0 Å². The molecule has 2 aromatic rings. The van der Waals surface area contributed by atoms with Crippen LogP contribution in [0.25, 0.3) is 11.1 Å². The molecule has 0 heterocycles. The third kappa shape index (κ3) is 5.27. The largest absolute Gasteiger partial charge is 0.393 e. The molecular formula is C22H24F2N4OS. The molecule has 0 saturated heterocycles. The van der Waals surface area contributed by atoms with Gasteiger partial charge < -0.3 is 20.3 Å². The molecule has 0 atom stereocenters. The van der Waals surface area contributed by atoms with E-state index in [1.165, 1.54) is 24.2 Å². The molecule has 0 aromatic heterocycles. The lowest BCUT2D eigenvalue weighted by atomic mass is 9.91. The van der Waals surface area contributed by atoms with Gasteiger partial charge >= 0.3 is 0 Å². The molecule has 5 nitrogen and oxygen atoms in total. The fourth-order valence-corrected chi connectivity index (χ4v) is 3.30. The zero-order chi connectivity index (χ0) is 22.3. The fraction of sp³-hybridized carbons (Fsp3) is 0.182. The minimum atomic E-state index is -0.743. The lowest BCUT2D eigenvalue weighted by molar-refractivity contribution is 0.112. The monoisotopic (exact) mass is 430 g/mol. The van der Waals surface area contributed by atoms with Gasteiger partial charge in [-0.3, -0.25) is 4.79 Å². The third-order valence-electron chi connectivity index (χ3n) is 4.21. The number of hydrogen-bond acceptors (Lipinski definition) is 6. The Balaban J connectivity index is 2.81. The summed E-state index contributed by atoms with van der Waals surface area (Å²) >= 11 is 1.19. The molecule has 0 unspecified atom stereocenters. The van der Waals surface area contributed by atoms with Gasteiger partial charge in [0.05, 0.1) is 5.69 Å². The zero-order valence-electron chi connectivity index (χ0n) is 17.2. The summed E-state index contributed by atoms with van der Waals surface area (Å²) in [5.41, 5.74) is 2.79. The maximum absolute atomic E-state index is 14.9. The standard InChI is InChI=1S/C22H24F2N4OS/c1-26-11-16(10-25)14-5-6-15(13-29)17(7-14)19(12-28(2)3)18-8-22(27-30-4)21(24)9-20(18)23/h5-13,25-27H,1-4H3/b16-11+,19-12+,25-10?. The summed E-state index contributed by atoms with van der Waals surface area (Å²) in [5, 5.41) is 10.5. The fourth-order valence-electron chi connectivity index (χ4n) is 2.92. The maximum atomic E-state index is 14.9. The van der Waals surface area contributed by atoms with E-state index in [1.54, 1.807) is 62.9 Å². The predicted molar refractivity (Wildman–Crippen MR) is 122 cm³/mol. The van der Waals surface area contributed by atoms with Gasteiger partial charge in [-0.25, -0.2) is 8.78 Å². The highest BCUT2D eigenvalue weighted by Gasteiger charge is 2.18. The summed E-state index contributed by atoms with van der Waals surface area (Å²) in [6.07, 6.45) is 6.94. The zero-order valence-corrected chi connectivity index (χ0v) is 18.0. The molecule has 0 radical (unpaired) electrons. The van der Waals surface area contributed by atoms with Gasteiger partial charge in [0, 0.05) is 74.4 Å². The van der Waals surface area contributed by atoms with Crippen LogP contribution in [0.5, 0.6) is 0 Å². The average Bonchev–Trinajstić information content (AvgIpc) is 2.72. The number of rotatable bonds is 9. The first kappa shape index (κ1) is 23.2. The second-order valence-electron chi connectivity index (χ2n) is 6.58. The van der Waals surface area contributed by atoms with Crippen LogP contribution in [0.15, 0.2) is 42.7 Å². The molecule has 0 aliphatic rings. The highest BCUT2D eigenvalue weighted by Crippen LogP contribution is 2.33. The van der Waals surface area contributed by atoms with Crippen LogP contribution in [0, 0.1) is 17.0 Å². The number of benzene rings is 2. The second-order valence-corrected chi connectivity index (χ2v) is 7.19. The molecule has 8 heteroatoms. The highest BCUT2D eigenvalue weighted by molar-refractivity contribution is 7.99. The Morgan fingerprint density at radius 3 is 2.43 bits per heavy atom. The molecule has 0 bridgehead atoms. The predicted octanol–water partition coefficient (Wildman–Crippen LogP) is 4.63. The Labute approximate surface area is 179 Å². The van der Waals surface area contributed by atoms with E-state index in [2.05, 4.69) is 10.0 Å². The summed E-state index contributed by atoms with van der Waals surface area (Å²) in [6, 6.07) is 7.27. The Kier molecular flexibility index (Phi) is 8.17. The van der Waals surface area contributed by atoms with Gasteiger partial charge in [0.2, 0.25) is 0 Å². The number of nitrogens with one attached hydrogen (secondary N) is 3. The van der Waals surface area contributed by atoms with Crippen molar-refractivity contribution in [3.8, 4) is 0 Å². The molecule has 30 heavy (non-hydrogen) atoms. The number of nitrogens with zero attached hydrogens (tertiary/aromatic N) is 1.